The Bertz CT molecular complexity index is 1290. The number of carbonyl (C=O) groups is 1. The van der Waals surface area contributed by atoms with E-state index in [2.05, 4.69) is 5.32 Å². The second-order valence-electron chi connectivity index (χ2n) is 7.85. The van der Waals surface area contributed by atoms with Crippen molar-refractivity contribution in [2.45, 2.75) is 11.5 Å². The van der Waals surface area contributed by atoms with E-state index in [0.717, 1.165) is 5.56 Å². The van der Waals surface area contributed by atoms with Crippen molar-refractivity contribution in [1.82, 2.24) is 4.31 Å². The van der Waals surface area contributed by atoms with Gasteiger partial charge >= 0.3 is 0 Å². The van der Waals surface area contributed by atoms with Crippen LogP contribution in [0.5, 0.6) is 5.75 Å². The second-order valence-corrected chi connectivity index (χ2v) is 9.79. The van der Waals surface area contributed by atoms with E-state index in [0.29, 0.717) is 43.3 Å². The van der Waals surface area contributed by atoms with Gasteiger partial charge in [-0.15, -0.1) is 0 Å². The zero-order chi connectivity index (χ0) is 24.7. The summed E-state index contributed by atoms with van der Waals surface area (Å²) >= 11 is 0. The Balaban J connectivity index is 1.32. The lowest BCUT2D eigenvalue weighted by Gasteiger charge is -2.26. The van der Waals surface area contributed by atoms with Crippen molar-refractivity contribution in [2.75, 3.05) is 31.6 Å². The number of hydrogen-bond donors (Lipinski definition) is 1. The second kappa shape index (κ2) is 11.3. The lowest BCUT2D eigenvalue weighted by atomic mass is 10.2. The Morgan fingerprint density at radius 3 is 2.46 bits per heavy atom. The number of anilines is 1. The molecule has 35 heavy (non-hydrogen) atoms. The van der Waals surface area contributed by atoms with Gasteiger partial charge in [0.2, 0.25) is 15.9 Å². The molecule has 0 spiro atoms. The first kappa shape index (κ1) is 24.6. The molecule has 1 amide bonds. The van der Waals surface area contributed by atoms with Gasteiger partial charge in [0.05, 0.1) is 18.1 Å². The molecule has 1 N–H and O–H groups in total. The van der Waals surface area contributed by atoms with Crippen molar-refractivity contribution < 1.29 is 27.1 Å². The molecule has 0 bridgehead atoms. The number of benzene rings is 3. The fourth-order valence-electron chi connectivity index (χ4n) is 3.45. The van der Waals surface area contributed by atoms with Crippen molar-refractivity contribution in [1.29, 1.82) is 0 Å². The summed E-state index contributed by atoms with van der Waals surface area (Å²) in [5.41, 5.74) is 2.08. The number of morpholine rings is 1. The fraction of sp³-hybridized carbons (Fsp3) is 0.192. The molecule has 1 saturated heterocycles. The largest absolute Gasteiger partial charge is 0.489 e. The Hall–Kier alpha value is -3.53. The van der Waals surface area contributed by atoms with E-state index in [4.69, 9.17) is 9.47 Å². The maximum Gasteiger partial charge on any atom is 0.248 e. The SMILES string of the molecule is O=C(/C=C/c1ccc(S(=O)(=O)N2CCOCC2)cc1)Nc1cccc(OCc2ccc(F)cc2)c1. The van der Waals surface area contributed by atoms with Crippen LogP contribution in [-0.4, -0.2) is 44.9 Å². The maximum atomic E-state index is 13.0. The van der Waals surface area contributed by atoms with Crippen molar-refractivity contribution in [3.8, 4) is 5.75 Å². The number of hydrogen-bond acceptors (Lipinski definition) is 5. The monoisotopic (exact) mass is 496 g/mol. The summed E-state index contributed by atoms with van der Waals surface area (Å²) in [5, 5.41) is 2.77. The van der Waals surface area contributed by atoms with E-state index in [-0.39, 0.29) is 23.2 Å². The molecule has 1 aliphatic heterocycles. The van der Waals surface area contributed by atoms with Crippen LogP contribution < -0.4 is 10.1 Å². The van der Waals surface area contributed by atoms with Gasteiger partial charge in [0.15, 0.2) is 0 Å². The molecule has 9 heteroatoms. The Labute approximate surface area is 203 Å². The Kier molecular flexibility index (Phi) is 7.91. The van der Waals surface area contributed by atoms with Gasteiger partial charge in [0, 0.05) is 30.9 Å². The number of carbonyl (C=O) groups excluding carboxylic acids is 1. The first-order valence-corrected chi connectivity index (χ1v) is 12.5. The van der Waals surface area contributed by atoms with Crippen LogP contribution in [-0.2, 0) is 26.2 Å². The number of ether oxygens (including phenoxy) is 2. The van der Waals surface area contributed by atoms with Crippen LogP contribution in [0.3, 0.4) is 0 Å². The molecule has 0 atom stereocenters. The van der Waals surface area contributed by atoms with Gasteiger partial charge in [-0.1, -0.05) is 30.3 Å². The number of nitrogens with zero attached hydrogens (tertiary/aromatic N) is 1. The molecule has 1 fully saturated rings. The number of amides is 1. The van der Waals surface area contributed by atoms with Crippen LogP contribution in [0.2, 0.25) is 0 Å². The van der Waals surface area contributed by atoms with Gasteiger partial charge in [-0.25, -0.2) is 12.8 Å². The van der Waals surface area contributed by atoms with Crippen molar-refractivity contribution in [2.24, 2.45) is 0 Å². The standard InChI is InChI=1S/C26H25FN2O5S/c27-22-9-4-21(5-10-22)19-34-24-3-1-2-23(18-24)28-26(30)13-8-20-6-11-25(12-7-20)35(31,32)29-14-16-33-17-15-29/h1-13,18H,14-17,19H2,(H,28,30)/b13-8+. The number of halogens is 1. The molecule has 0 aromatic heterocycles. The van der Waals surface area contributed by atoms with E-state index in [1.165, 1.54) is 34.6 Å². The van der Waals surface area contributed by atoms with Crippen LogP contribution in [0, 0.1) is 5.82 Å². The highest BCUT2D eigenvalue weighted by molar-refractivity contribution is 7.89. The van der Waals surface area contributed by atoms with E-state index >= 15 is 0 Å². The predicted molar refractivity (Wildman–Crippen MR) is 131 cm³/mol. The lowest BCUT2D eigenvalue weighted by Crippen LogP contribution is -2.40. The van der Waals surface area contributed by atoms with Crippen molar-refractivity contribution in [3.05, 3.63) is 95.8 Å². The number of rotatable bonds is 8. The molecule has 1 aliphatic rings. The van der Waals surface area contributed by atoms with Crippen molar-refractivity contribution in [3.63, 3.8) is 0 Å². The van der Waals surface area contributed by atoms with Crippen LogP contribution >= 0.6 is 0 Å². The normalized spacial score (nSPS) is 14.7. The highest BCUT2D eigenvalue weighted by Crippen LogP contribution is 2.20. The molecule has 4 rings (SSSR count). The zero-order valence-electron chi connectivity index (χ0n) is 18.9. The minimum absolute atomic E-state index is 0.207. The molecule has 0 unspecified atom stereocenters. The van der Waals surface area contributed by atoms with Crippen LogP contribution in [0.15, 0.2) is 83.8 Å². The molecule has 0 saturated carbocycles. The summed E-state index contributed by atoms with van der Waals surface area (Å²) < 4.78 is 50.8. The molecule has 1 heterocycles. The quantitative estimate of drug-likeness (QED) is 0.475. The summed E-state index contributed by atoms with van der Waals surface area (Å²) in [4.78, 5) is 12.6. The topological polar surface area (TPSA) is 84.9 Å². The fourth-order valence-corrected chi connectivity index (χ4v) is 4.86. The summed E-state index contributed by atoms with van der Waals surface area (Å²) in [6.07, 6.45) is 2.98. The highest BCUT2D eigenvalue weighted by Gasteiger charge is 2.25. The average Bonchev–Trinajstić information content (AvgIpc) is 2.88. The Morgan fingerprint density at radius 1 is 1.03 bits per heavy atom. The molecular formula is C26H25FN2O5S. The van der Waals surface area contributed by atoms with Gasteiger partial charge in [0.1, 0.15) is 18.2 Å². The molecule has 0 radical (unpaired) electrons. The summed E-state index contributed by atoms with van der Waals surface area (Å²) in [7, 11) is -3.56. The summed E-state index contributed by atoms with van der Waals surface area (Å²) in [6.45, 7) is 1.72. The molecule has 7 nitrogen and oxygen atoms in total. The third-order valence-corrected chi connectivity index (χ3v) is 7.25. The molecule has 0 aliphatic carbocycles. The Morgan fingerprint density at radius 2 is 1.74 bits per heavy atom. The highest BCUT2D eigenvalue weighted by atomic mass is 32.2. The maximum absolute atomic E-state index is 13.0. The minimum atomic E-state index is -3.56. The van der Waals surface area contributed by atoms with Crippen molar-refractivity contribution >= 4 is 27.7 Å². The number of nitrogens with one attached hydrogen (secondary N) is 1. The number of sulfonamides is 1. The third kappa shape index (κ3) is 6.75. The molecule has 3 aromatic carbocycles. The van der Waals surface area contributed by atoms with Gasteiger partial charge in [-0.05, 0) is 53.6 Å². The van der Waals surface area contributed by atoms with Gasteiger partial charge in [0.25, 0.3) is 0 Å². The average molecular weight is 497 g/mol. The summed E-state index contributed by atoms with van der Waals surface area (Å²) in [5.74, 6) is -0.0839. The van der Waals surface area contributed by atoms with E-state index in [1.807, 2.05) is 0 Å². The first-order valence-electron chi connectivity index (χ1n) is 11.0. The van der Waals surface area contributed by atoms with Crippen LogP contribution in [0.1, 0.15) is 11.1 Å². The molecule has 182 valence electrons. The van der Waals surface area contributed by atoms with E-state index in [1.54, 1.807) is 54.6 Å². The summed E-state index contributed by atoms with van der Waals surface area (Å²) in [6, 6.07) is 19.4. The van der Waals surface area contributed by atoms with Crippen LogP contribution in [0.25, 0.3) is 6.08 Å². The molecular weight excluding hydrogens is 471 g/mol. The van der Waals surface area contributed by atoms with Gasteiger partial charge in [-0.2, -0.15) is 4.31 Å². The molecule has 3 aromatic rings. The van der Waals surface area contributed by atoms with Gasteiger partial charge < -0.3 is 14.8 Å². The van der Waals surface area contributed by atoms with E-state index < -0.39 is 10.0 Å². The third-order valence-electron chi connectivity index (χ3n) is 5.34. The lowest BCUT2D eigenvalue weighted by molar-refractivity contribution is -0.111. The minimum Gasteiger partial charge on any atom is -0.489 e. The van der Waals surface area contributed by atoms with Gasteiger partial charge in [-0.3, -0.25) is 4.79 Å². The zero-order valence-corrected chi connectivity index (χ0v) is 19.7. The first-order chi connectivity index (χ1) is 16.9. The smallest absolute Gasteiger partial charge is 0.248 e. The predicted octanol–water partition coefficient (Wildman–Crippen LogP) is 4.08. The van der Waals surface area contributed by atoms with E-state index in [9.17, 15) is 17.6 Å². The van der Waals surface area contributed by atoms with Crippen LogP contribution in [0.4, 0.5) is 10.1 Å².